The Kier molecular flexibility index (Phi) is 4.29. The van der Waals surface area contributed by atoms with Gasteiger partial charge in [-0.15, -0.1) is 0 Å². The van der Waals surface area contributed by atoms with Crippen LogP contribution < -0.4 is 11.1 Å². The zero-order valence-corrected chi connectivity index (χ0v) is 16.1. The summed E-state index contributed by atoms with van der Waals surface area (Å²) in [7, 11) is 0. The van der Waals surface area contributed by atoms with Crippen molar-refractivity contribution in [1.82, 2.24) is 14.0 Å². The molecule has 2 aromatic heterocycles. The average Bonchev–Trinajstić information content (AvgIpc) is 2.62. The van der Waals surface area contributed by atoms with Crippen molar-refractivity contribution in [2.75, 3.05) is 13.1 Å². The van der Waals surface area contributed by atoms with Gasteiger partial charge in [-0.25, -0.2) is 0 Å². The predicted octanol–water partition coefficient (Wildman–Crippen LogP) is 1.91. The van der Waals surface area contributed by atoms with Crippen LogP contribution in [0.25, 0.3) is 0 Å². The molecule has 0 saturated carbocycles. The number of hydrogen-bond acceptors (Lipinski definition) is 3. The summed E-state index contributed by atoms with van der Waals surface area (Å²) >= 11 is 0. The summed E-state index contributed by atoms with van der Waals surface area (Å²) in [5.74, 6) is 0.218. The van der Waals surface area contributed by atoms with Crippen molar-refractivity contribution in [3.05, 3.63) is 67.5 Å². The molecule has 1 amide bonds. The molecule has 2 aromatic rings. The summed E-state index contributed by atoms with van der Waals surface area (Å²) in [5, 5.41) is 0. The fraction of sp³-hybridized carbons (Fsp3) is 0.476. The van der Waals surface area contributed by atoms with E-state index >= 15 is 0 Å². The lowest BCUT2D eigenvalue weighted by Gasteiger charge is -2.42. The zero-order chi connectivity index (χ0) is 19.3. The number of aryl methyl sites for hydroxylation is 2. The molecule has 2 bridgehead atoms. The number of nitrogens with zero attached hydrogens (tertiary/aromatic N) is 3. The first kappa shape index (κ1) is 17.8. The molecule has 6 heteroatoms. The molecule has 0 unspecified atom stereocenters. The van der Waals surface area contributed by atoms with E-state index in [2.05, 4.69) is 0 Å². The van der Waals surface area contributed by atoms with Crippen LogP contribution in [0.1, 0.15) is 46.6 Å². The maximum atomic E-state index is 13.3. The molecule has 4 rings (SSSR count). The van der Waals surface area contributed by atoms with Gasteiger partial charge < -0.3 is 14.0 Å². The number of likely N-dealkylation sites (tertiary alicyclic amines) is 1. The van der Waals surface area contributed by atoms with Gasteiger partial charge in [-0.05, 0) is 50.8 Å². The van der Waals surface area contributed by atoms with Gasteiger partial charge in [0.2, 0.25) is 0 Å². The summed E-state index contributed by atoms with van der Waals surface area (Å²) in [6.45, 7) is 7.98. The highest BCUT2D eigenvalue weighted by Crippen LogP contribution is 2.35. The smallest absolute Gasteiger partial charge is 0.263 e. The van der Waals surface area contributed by atoms with E-state index < -0.39 is 0 Å². The quantitative estimate of drug-likeness (QED) is 0.814. The van der Waals surface area contributed by atoms with E-state index in [1.165, 1.54) is 0 Å². The molecule has 0 radical (unpaired) electrons. The molecular formula is C21H25N3O3. The Morgan fingerprint density at radius 3 is 2.67 bits per heavy atom. The van der Waals surface area contributed by atoms with Crippen LogP contribution in [0.3, 0.4) is 0 Å². The fourth-order valence-electron chi connectivity index (χ4n) is 4.80. The minimum absolute atomic E-state index is 0.0298. The van der Waals surface area contributed by atoms with Crippen molar-refractivity contribution in [2.24, 2.45) is 5.92 Å². The summed E-state index contributed by atoms with van der Waals surface area (Å²) in [4.78, 5) is 40.1. The number of piperidine rings is 1. The van der Waals surface area contributed by atoms with Crippen molar-refractivity contribution < 1.29 is 4.79 Å². The predicted molar refractivity (Wildman–Crippen MR) is 103 cm³/mol. The van der Waals surface area contributed by atoms with Crippen LogP contribution in [-0.4, -0.2) is 33.0 Å². The first-order chi connectivity index (χ1) is 12.9. The number of hydrogen-bond donors (Lipinski definition) is 0. The van der Waals surface area contributed by atoms with Crippen LogP contribution >= 0.6 is 0 Å². The number of fused-ring (bicyclic) bond motifs is 4. The van der Waals surface area contributed by atoms with Crippen LogP contribution in [-0.2, 0) is 13.1 Å². The first-order valence-electron chi connectivity index (χ1n) is 9.60. The third-order valence-corrected chi connectivity index (χ3v) is 6.00. The van der Waals surface area contributed by atoms with Crippen molar-refractivity contribution in [3.63, 3.8) is 0 Å². The highest BCUT2D eigenvalue weighted by Gasteiger charge is 2.37. The molecule has 4 heterocycles. The largest absolute Gasteiger partial charge is 0.337 e. The number of rotatable bonds is 2. The summed E-state index contributed by atoms with van der Waals surface area (Å²) in [6, 6.07) is 7.28. The number of aromatic nitrogens is 2. The molecule has 0 N–H and O–H groups in total. The second-order valence-electron chi connectivity index (χ2n) is 7.80. The number of amides is 1. The van der Waals surface area contributed by atoms with Gasteiger partial charge >= 0.3 is 0 Å². The van der Waals surface area contributed by atoms with Crippen molar-refractivity contribution in [2.45, 2.75) is 46.2 Å². The molecule has 0 spiro atoms. The second kappa shape index (κ2) is 6.51. The average molecular weight is 367 g/mol. The molecular weight excluding hydrogens is 342 g/mol. The minimum Gasteiger partial charge on any atom is -0.337 e. The van der Waals surface area contributed by atoms with E-state index in [-0.39, 0.29) is 34.4 Å². The van der Waals surface area contributed by atoms with E-state index in [9.17, 15) is 14.4 Å². The van der Waals surface area contributed by atoms with Crippen molar-refractivity contribution in [1.29, 1.82) is 0 Å². The highest BCUT2D eigenvalue weighted by molar-refractivity contribution is 5.95. The van der Waals surface area contributed by atoms with E-state index in [0.717, 1.165) is 23.4 Å². The number of pyridine rings is 2. The van der Waals surface area contributed by atoms with Gasteiger partial charge in [0.25, 0.3) is 17.0 Å². The van der Waals surface area contributed by atoms with Crippen LogP contribution in [0.2, 0.25) is 0 Å². The van der Waals surface area contributed by atoms with Crippen molar-refractivity contribution >= 4 is 5.91 Å². The van der Waals surface area contributed by atoms with Gasteiger partial charge in [0, 0.05) is 49.6 Å². The zero-order valence-electron chi connectivity index (χ0n) is 16.1. The molecule has 2 aliphatic rings. The van der Waals surface area contributed by atoms with Crippen LogP contribution in [0.5, 0.6) is 0 Å². The Labute approximate surface area is 158 Å². The van der Waals surface area contributed by atoms with Crippen molar-refractivity contribution in [3.8, 4) is 0 Å². The Morgan fingerprint density at radius 2 is 1.93 bits per heavy atom. The topological polar surface area (TPSA) is 64.3 Å². The maximum Gasteiger partial charge on any atom is 0.263 e. The lowest BCUT2D eigenvalue weighted by molar-refractivity contribution is 0.0591. The molecule has 1 saturated heterocycles. The van der Waals surface area contributed by atoms with Gasteiger partial charge in [-0.1, -0.05) is 6.07 Å². The molecule has 2 aliphatic heterocycles. The lowest BCUT2D eigenvalue weighted by Crippen LogP contribution is -2.50. The first-order valence-corrected chi connectivity index (χ1v) is 9.60. The van der Waals surface area contributed by atoms with E-state index in [1.807, 2.05) is 42.4 Å². The van der Waals surface area contributed by atoms with Gasteiger partial charge in [0.1, 0.15) is 5.56 Å². The monoisotopic (exact) mass is 367 g/mol. The van der Waals surface area contributed by atoms with E-state index in [4.69, 9.17) is 0 Å². The Bertz CT molecular complexity index is 1030. The van der Waals surface area contributed by atoms with E-state index in [1.54, 1.807) is 16.7 Å². The number of carbonyl (C=O) groups is 1. The van der Waals surface area contributed by atoms with Gasteiger partial charge in [0.05, 0.1) is 0 Å². The molecule has 1 fully saturated rings. The molecule has 0 aromatic carbocycles. The Balaban J connectivity index is 1.70. The summed E-state index contributed by atoms with van der Waals surface area (Å²) in [5.41, 5.74) is 2.73. The SMILES string of the molecule is CCn1c(C)cc(C)c(C(=O)N2C[C@H]3C[C@@H](C2)c2cccc(=O)n2C3)c1=O. The minimum atomic E-state index is -0.202. The Hall–Kier alpha value is -2.63. The number of carbonyl (C=O) groups excluding carboxylic acids is 1. The molecule has 2 atom stereocenters. The molecule has 0 aliphatic carbocycles. The molecule has 142 valence electrons. The Morgan fingerprint density at radius 1 is 1.15 bits per heavy atom. The molecule has 6 nitrogen and oxygen atoms in total. The second-order valence-corrected chi connectivity index (χ2v) is 7.80. The van der Waals surface area contributed by atoms with Crippen LogP contribution in [0, 0.1) is 19.8 Å². The fourth-order valence-corrected chi connectivity index (χ4v) is 4.80. The lowest BCUT2D eigenvalue weighted by atomic mass is 9.83. The van der Waals surface area contributed by atoms with E-state index in [0.29, 0.717) is 26.2 Å². The van der Waals surface area contributed by atoms with Gasteiger partial charge in [-0.3, -0.25) is 14.4 Å². The van der Waals surface area contributed by atoms with Gasteiger partial charge in [-0.2, -0.15) is 0 Å². The normalized spacial score (nSPS) is 21.1. The summed E-state index contributed by atoms with van der Waals surface area (Å²) < 4.78 is 3.50. The highest BCUT2D eigenvalue weighted by atomic mass is 16.2. The van der Waals surface area contributed by atoms with Crippen LogP contribution in [0.4, 0.5) is 0 Å². The molecule has 27 heavy (non-hydrogen) atoms. The van der Waals surface area contributed by atoms with Gasteiger partial charge in [0.15, 0.2) is 0 Å². The third kappa shape index (κ3) is 2.83. The standard InChI is InChI=1S/C21H25N3O3/c1-4-23-14(3)8-13(2)19(21(23)27)20(26)22-10-15-9-16(12-22)17-6-5-7-18(25)24(17)11-15/h5-8,15-16H,4,9-12H2,1-3H3/t15-,16+/m1/s1. The van der Waals surface area contributed by atoms with Crippen LogP contribution in [0.15, 0.2) is 33.9 Å². The third-order valence-electron chi connectivity index (χ3n) is 6.00. The maximum absolute atomic E-state index is 13.3. The summed E-state index contributed by atoms with van der Waals surface area (Å²) in [6.07, 6.45) is 0.985.